The van der Waals surface area contributed by atoms with Gasteiger partial charge in [-0.3, -0.25) is 0 Å². The lowest BCUT2D eigenvalue weighted by Gasteiger charge is -2.20. The maximum atomic E-state index is 6.00. The third-order valence-electron chi connectivity index (χ3n) is 3.43. The van der Waals surface area contributed by atoms with E-state index in [1.807, 2.05) is 0 Å². The fraction of sp³-hybridized carbons (Fsp3) is 0.667. The van der Waals surface area contributed by atoms with E-state index in [-0.39, 0.29) is 0 Å². The van der Waals surface area contributed by atoms with Crippen LogP contribution in [0.15, 0.2) is 12.1 Å². The van der Waals surface area contributed by atoms with Crippen molar-refractivity contribution < 1.29 is 9.47 Å². The molecule has 0 aliphatic heterocycles. The molecule has 0 radical (unpaired) electrons. The lowest BCUT2D eigenvalue weighted by Crippen LogP contribution is -2.18. The highest BCUT2D eigenvalue weighted by Gasteiger charge is 2.12. The predicted octanol–water partition coefficient (Wildman–Crippen LogP) is 3.85. The second-order valence-electron chi connectivity index (χ2n) is 6.89. The van der Waals surface area contributed by atoms with E-state index in [4.69, 9.17) is 9.47 Å². The SMILES string of the molecule is COCCNCc1cc(C)c(OCCC(C)(C)C)c(C)c1. The summed E-state index contributed by atoms with van der Waals surface area (Å²) in [5.74, 6) is 1.04. The second kappa shape index (κ2) is 8.40. The molecule has 3 heteroatoms. The van der Waals surface area contributed by atoms with Gasteiger partial charge in [-0.25, -0.2) is 0 Å². The Bertz CT molecular complexity index is 412. The summed E-state index contributed by atoms with van der Waals surface area (Å²) in [4.78, 5) is 0. The van der Waals surface area contributed by atoms with Crippen LogP contribution in [0, 0.1) is 19.3 Å². The van der Waals surface area contributed by atoms with Crippen molar-refractivity contribution in [1.82, 2.24) is 5.32 Å². The average Bonchev–Trinajstić information content (AvgIpc) is 2.37. The smallest absolute Gasteiger partial charge is 0.125 e. The molecule has 3 nitrogen and oxygen atoms in total. The van der Waals surface area contributed by atoms with Crippen LogP contribution in [0.2, 0.25) is 0 Å². The summed E-state index contributed by atoms with van der Waals surface area (Å²) in [7, 11) is 1.72. The molecule has 0 saturated carbocycles. The lowest BCUT2D eigenvalue weighted by atomic mass is 9.93. The molecule has 21 heavy (non-hydrogen) atoms. The third kappa shape index (κ3) is 6.96. The van der Waals surface area contributed by atoms with E-state index in [2.05, 4.69) is 52.1 Å². The van der Waals surface area contributed by atoms with Crippen LogP contribution in [0.3, 0.4) is 0 Å². The molecular weight excluding hydrogens is 262 g/mol. The van der Waals surface area contributed by atoms with Crippen LogP contribution in [0.25, 0.3) is 0 Å². The molecular formula is C18H31NO2. The van der Waals surface area contributed by atoms with Crippen molar-refractivity contribution in [2.45, 2.75) is 47.6 Å². The van der Waals surface area contributed by atoms with Gasteiger partial charge in [-0.15, -0.1) is 0 Å². The minimum absolute atomic E-state index is 0.313. The van der Waals surface area contributed by atoms with Gasteiger partial charge in [0.05, 0.1) is 13.2 Å². The van der Waals surface area contributed by atoms with Gasteiger partial charge in [-0.2, -0.15) is 0 Å². The van der Waals surface area contributed by atoms with Crippen LogP contribution in [-0.4, -0.2) is 26.9 Å². The van der Waals surface area contributed by atoms with Crippen LogP contribution in [0.5, 0.6) is 5.75 Å². The van der Waals surface area contributed by atoms with Crippen LogP contribution >= 0.6 is 0 Å². The van der Waals surface area contributed by atoms with Gasteiger partial charge in [0.2, 0.25) is 0 Å². The summed E-state index contributed by atoms with van der Waals surface area (Å²) in [5, 5.41) is 3.37. The van der Waals surface area contributed by atoms with Crippen molar-refractivity contribution in [2.24, 2.45) is 5.41 Å². The Morgan fingerprint density at radius 2 is 1.67 bits per heavy atom. The molecule has 0 aliphatic rings. The Morgan fingerprint density at radius 3 is 2.19 bits per heavy atom. The van der Waals surface area contributed by atoms with Crippen molar-refractivity contribution in [2.75, 3.05) is 26.9 Å². The minimum atomic E-state index is 0.313. The zero-order valence-electron chi connectivity index (χ0n) is 14.5. The summed E-state index contributed by atoms with van der Waals surface area (Å²) in [6, 6.07) is 4.42. The van der Waals surface area contributed by atoms with E-state index in [0.717, 1.165) is 38.5 Å². The molecule has 1 aromatic carbocycles. The Kier molecular flexibility index (Phi) is 7.20. The molecule has 0 aliphatic carbocycles. The van der Waals surface area contributed by atoms with Gasteiger partial charge in [-0.05, 0) is 42.4 Å². The van der Waals surface area contributed by atoms with E-state index >= 15 is 0 Å². The number of nitrogens with one attached hydrogen (secondary N) is 1. The molecule has 1 aromatic rings. The highest BCUT2D eigenvalue weighted by Crippen LogP contribution is 2.26. The molecule has 0 atom stereocenters. The fourth-order valence-corrected chi connectivity index (χ4v) is 2.24. The first-order chi connectivity index (χ1) is 9.83. The molecule has 0 saturated heterocycles. The summed E-state index contributed by atoms with van der Waals surface area (Å²) >= 11 is 0. The summed E-state index contributed by atoms with van der Waals surface area (Å²) in [5.41, 5.74) is 4.04. The number of benzene rings is 1. The highest BCUT2D eigenvalue weighted by molar-refractivity contribution is 5.43. The molecule has 0 aromatic heterocycles. The number of hydrogen-bond donors (Lipinski definition) is 1. The first-order valence-corrected chi connectivity index (χ1v) is 7.76. The van der Waals surface area contributed by atoms with Crippen LogP contribution in [0.1, 0.15) is 43.9 Å². The van der Waals surface area contributed by atoms with Gasteiger partial charge < -0.3 is 14.8 Å². The van der Waals surface area contributed by atoms with Gasteiger partial charge in [0.1, 0.15) is 5.75 Å². The van der Waals surface area contributed by atoms with Crippen LogP contribution in [-0.2, 0) is 11.3 Å². The number of methoxy groups -OCH3 is 1. The molecule has 0 fully saturated rings. The maximum Gasteiger partial charge on any atom is 0.125 e. The van der Waals surface area contributed by atoms with Crippen molar-refractivity contribution in [3.63, 3.8) is 0 Å². The first kappa shape index (κ1) is 18.0. The Balaban J connectivity index is 2.58. The van der Waals surface area contributed by atoms with Crippen LogP contribution in [0.4, 0.5) is 0 Å². The highest BCUT2D eigenvalue weighted by atomic mass is 16.5. The van der Waals surface area contributed by atoms with Gasteiger partial charge in [0.15, 0.2) is 0 Å². The molecule has 0 unspecified atom stereocenters. The first-order valence-electron chi connectivity index (χ1n) is 7.76. The van der Waals surface area contributed by atoms with Crippen molar-refractivity contribution in [3.05, 3.63) is 28.8 Å². The van der Waals surface area contributed by atoms with Gasteiger partial charge in [0.25, 0.3) is 0 Å². The number of rotatable bonds is 8. The molecule has 0 amide bonds. The van der Waals surface area contributed by atoms with Crippen molar-refractivity contribution in [3.8, 4) is 5.75 Å². The van der Waals surface area contributed by atoms with E-state index in [0.29, 0.717) is 5.41 Å². The molecule has 0 bridgehead atoms. The molecule has 1 N–H and O–H groups in total. The van der Waals surface area contributed by atoms with Gasteiger partial charge in [-0.1, -0.05) is 32.9 Å². The van der Waals surface area contributed by atoms with E-state index in [1.165, 1.54) is 16.7 Å². The zero-order valence-corrected chi connectivity index (χ0v) is 14.5. The summed E-state index contributed by atoms with van der Waals surface area (Å²) in [6.45, 7) is 14.2. The standard InChI is InChI=1S/C18H31NO2/c1-14-11-16(13-19-8-10-20-6)12-15(2)17(14)21-9-7-18(3,4)5/h11-12,19H,7-10,13H2,1-6H3. The fourth-order valence-electron chi connectivity index (χ4n) is 2.24. The normalized spacial score (nSPS) is 11.7. The van der Waals surface area contributed by atoms with E-state index < -0.39 is 0 Å². The Labute approximate surface area is 130 Å². The Morgan fingerprint density at radius 1 is 1.05 bits per heavy atom. The molecule has 1 rings (SSSR count). The monoisotopic (exact) mass is 293 g/mol. The zero-order chi connectivity index (χ0) is 15.9. The quantitative estimate of drug-likeness (QED) is 0.738. The topological polar surface area (TPSA) is 30.5 Å². The average molecular weight is 293 g/mol. The van der Waals surface area contributed by atoms with Crippen molar-refractivity contribution >= 4 is 0 Å². The number of ether oxygens (including phenoxy) is 2. The van der Waals surface area contributed by atoms with E-state index in [9.17, 15) is 0 Å². The summed E-state index contributed by atoms with van der Waals surface area (Å²) in [6.07, 6.45) is 1.06. The second-order valence-corrected chi connectivity index (χ2v) is 6.89. The molecule has 0 heterocycles. The largest absolute Gasteiger partial charge is 0.493 e. The number of aryl methyl sites for hydroxylation is 2. The minimum Gasteiger partial charge on any atom is -0.493 e. The number of hydrogen-bond acceptors (Lipinski definition) is 3. The van der Waals surface area contributed by atoms with Crippen LogP contribution < -0.4 is 10.1 Å². The summed E-state index contributed by atoms with van der Waals surface area (Å²) < 4.78 is 11.0. The lowest BCUT2D eigenvalue weighted by molar-refractivity contribution is 0.199. The van der Waals surface area contributed by atoms with Gasteiger partial charge >= 0.3 is 0 Å². The predicted molar refractivity (Wildman–Crippen MR) is 89.1 cm³/mol. The van der Waals surface area contributed by atoms with E-state index in [1.54, 1.807) is 7.11 Å². The third-order valence-corrected chi connectivity index (χ3v) is 3.43. The van der Waals surface area contributed by atoms with Gasteiger partial charge in [0, 0.05) is 20.2 Å². The Hall–Kier alpha value is -1.06. The van der Waals surface area contributed by atoms with Crippen molar-refractivity contribution in [1.29, 1.82) is 0 Å². The molecule has 0 spiro atoms. The molecule has 120 valence electrons. The maximum absolute atomic E-state index is 6.00.